The van der Waals surface area contributed by atoms with Crippen LogP contribution in [0.1, 0.15) is 36.0 Å². The Morgan fingerprint density at radius 2 is 2.25 bits per heavy atom. The van der Waals surface area contributed by atoms with Gasteiger partial charge in [-0.25, -0.2) is 4.98 Å². The van der Waals surface area contributed by atoms with E-state index >= 15 is 0 Å². The number of alkyl halides is 3. The molecule has 148 valence electrons. The number of hydrogen-bond donors (Lipinski definition) is 2. The molecule has 10 heteroatoms. The normalized spacial score (nSPS) is 17.9. The molecule has 1 saturated heterocycles. The van der Waals surface area contributed by atoms with Gasteiger partial charge < -0.3 is 19.6 Å². The molecule has 0 saturated carbocycles. The maximum atomic E-state index is 13.4. The number of amides is 1. The number of carbonyl (C=O) groups is 1. The van der Waals surface area contributed by atoms with Gasteiger partial charge in [-0.05, 0) is 30.9 Å². The zero-order chi connectivity index (χ0) is 19.9. The molecule has 2 N–H and O–H groups in total. The lowest BCUT2D eigenvalue weighted by Crippen LogP contribution is -2.34. The molecule has 4 heterocycles. The van der Waals surface area contributed by atoms with Gasteiger partial charge in [0.2, 0.25) is 5.76 Å². The van der Waals surface area contributed by atoms with Gasteiger partial charge in [-0.2, -0.15) is 18.2 Å². The fourth-order valence-electron chi connectivity index (χ4n) is 3.35. The van der Waals surface area contributed by atoms with Gasteiger partial charge in [0.1, 0.15) is 5.65 Å². The number of fused-ring (bicyclic) bond motifs is 1. The number of halogens is 3. The second-order valence-electron chi connectivity index (χ2n) is 6.96. The van der Waals surface area contributed by atoms with Crippen molar-refractivity contribution in [2.75, 3.05) is 23.3 Å². The van der Waals surface area contributed by atoms with Crippen LogP contribution >= 0.6 is 0 Å². The zero-order valence-corrected chi connectivity index (χ0v) is 15.0. The van der Waals surface area contributed by atoms with Crippen molar-refractivity contribution >= 4 is 28.6 Å². The Hall–Kier alpha value is -3.04. The molecule has 0 aromatic carbocycles. The second-order valence-corrected chi connectivity index (χ2v) is 6.96. The number of aromatic amines is 1. The van der Waals surface area contributed by atoms with E-state index in [0.717, 1.165) is 18.2 Å². The number of nitrogens with zero attached hydrogens (tertiary/aromatic N) is 3. The summed E-state index contributed by atoms with van der Waals surface area (Å²) >= 11 is 0. The van der Waals surface area contributed by atoms with E-state index in [9.17, 15) is 18.0 Å². The molecule has 4 rings (SSSR count). The van der Waals surface area contributed by atoms with Gasteiger partial charge >= 0.3 is 6.18 Å². The minimum Gasteiger partial charge on any atom is -0.417 e. The zero-order valence-electron chi connectivity index (χ0n) is 15.0. The molecule has 1 atom stereocenters. The number of anilines is 2. The number of rotatable bonds is 3. The minimum absolute atomic E-state index is 0.178. The molecule has 0 spiro atoms. The van der Waals surface area contributed by atoms with Crippen LogP contribution in [0.4, 0.5) is 24.9 Å². The van der Waals surface area contributed by atoms with Crippen molar-refractivity contribution in [3.8, 4) is 0 Å². The third kappa shape index (κ3) is 3.54. The first kappa shape index (κ1) is 18.3. The molecule has 28 heavy (non-hydrogen) atoms. The van der Waals surface area contributed by atoms with Crippen LogP contribution in [-0.2, 0) is 6.18 Å². The molecule has 1 fully saturated rings. The number of oxazole rings is 1. The van der Waals surface area contributed by atoms with E-state index in [1.165, 1.54) is 6.20 Å². The number of H-pyrrole nitrogens is 1. The van der Waals surface area contributed by atoms with Crippen molar-refractivity contribution in [1.82, 2.24) is 15.0 Å². The highest BCUT2D eigenvalue weighted by Gasteiger charge is 2.42. The van der Waals surface area contributed by atoms with Crippen LogP contribution < -0.4 is 10.2 Å². The first-order chi connectivity index (χ1) is 13.3. The number of carbonyl (C=O) groups excluding carboxylic acids is 1. The average molecular weight is 393 g/mol. The van der Waals surface area contributed by atoms with Crippen LogP contribution in [0.15, 0.2) is 28.9 Å². The Labute approximate surface area is 157 Å². The fourth-order valence-corrected chi connectivity index (χ4v) is 3.35. The Bertz CT molecular complexity index is 1010. The van der Waals surface area contributed by atoms with Crippen molar-refractivity contribution in [2.45, 2.75) is 25.9 Å². The Kier molecular flexibility index (Phi) is 4.48. The summed E-state index contributed by atoms with van der Waals surface area (Å²) < 4.78 is 45.6. The van der Waals surface area contributed by atoms with Crippen LogP contribution in [0.25, 0.3) is 11.0 Å². The van der Waals surface area contributed by atoms with E-state index in [2.05, 4.69) is 20.3 Å². The molecule has 3 aromatic rings. The van der Waals surface area contributed by atoms with Crippen molar-refractivity contribution in [1.29, 1.82) is 0 Å². The average Bonchev–Trinajstić information content (AvgIpc) is 3.28. The minimum atomic E-state index is -4.81. The smallest absolute Gasteiger partial charge is 0.417 e. The van der Waals surface area contributed by atoms with Gasteiger partial charge in [0, 0.05) is 24.7 Å². The van der Waals surface area contributed by atoms with E-state index < -0.39 is 23.5 Å². The number of piperidine rings is 1. The van der Waals surface area contributed by atoms with Crippen LogP contribution in [0, 0.1) is 5.92 Å². The molecule has 1 aliphatic rings. The summed E-state index contributed by atoms with van der Waals surface area (Å²) in [6.07, 6.45) is 0.0414. The molecule has 3 aromatic heterocycles. The van der Waals surface area contributed by atoms with E-state index in [4.69, 9.17) is 4.42 Å². The van der Waals surface area contributed by atoms with E-state index in [0.29, 0.717) is 24.7 Å². The lowest BCUT2D eigenvalue weighted by atomic mass is 10.0. The standard InChI is InChI=1S/C18H18F3N5O2/c1-10-3-2-6-26(9-10)17-25-14(18(19,20)21)13(28-17)16(27)24-12-7-11-4-5-22-15(11)23-8-12/h4-5,7-8,10H,2-3,6,9H2,1H3,(H,22,23)(H,24,27). The molecular weight excluding hydrogens is 375 g/mol. The topological polar surface area (TPSA) is 87.0 Å². The molecule has 1 unspecified atom stereocenters. The summed E-state index contributed by atoms with van der Waals surface area (Å²) in [5, 5.41) is 3.13. The number of nitrogens with one attached hydrogen (secondary N) is 2. The summed E-state index contributed by atoms with van der Waals surface area (Å²) in [4.78, 5) is 24.8. The van der Waals surface area contributed by atoms with Gasteiger partial charge in [0.15, 0.2) is 5.69 Å². The summed E-state index contributed by atoms with van der Waals surface area (Å²) in [7, 11) is 0. The molecule has 1 aliphatic heterocycles. The van der Waals surface area contributed by atoms with Crippen LogP contribution in [0.2, 0.25) is 0 Å². The monoisotopic (exact) mass is 393 g/mol. The largest absolute Gasteiger partial charge is 0.437 e. The Balaban J connectivity index is 1.63. The molecule has 7 nitrogen and oxygen atoms in total. The van der Waals surface area contributed by atoms with E-state index in [1.54, 1.807) is 23.2 Å². The highest BCUT2D eigenvalue weighted by Crippen LogP contribution is 2.35. The van der Waals surface area contributed by atoms with Crippen LogP contribution in [0.3, 0.4) is 0 Å². The highest BCUT2D eigenvalue weighted by atomic mass is 19.4. The summed E-state index contributed by atoms with van der Waals surface area (Å²) in [5.74, 6) is -1.56. The summed E-state index contributed by atoms with van der Waals surface area (Å²) in [6, 6.07) is 3.17. The third-order valence-corrected chi connectivity index (χ3v) is 4.68. The van der Waals surface area contributed by atoms with Gasteiger partial charge in [-0.1, -0.05) is 6.92 Å². The maximum Gasteiger partial charge on any atom is 0.437 e. The number of hydrogen-bond acceptors (Lipinski definition) is 5. The number of aromatic nitrogens is 3. The van der Waals surface area contributed by atoms with Crippen molar-refractivity contribution in [3.63, 3.8) is 0 Å². The highest BCUT2D eigenvalue weighted by molar-refractivity contribution is 6.03. The first-order valence-corrected chi connectivity index (χ1v) is 8.88. The molecule has 0 radical (unpaired) electrons. The van der Waals surface area contributed by atoms with Crippen molar-refractivity contribution in [2.24, 2.45) is 5.92 Å². The Morgan fingerprint density at radius 1 is 1.43 bits per heavy atom. The predicted octanol–water partition coefficient (Wildman–Crippen LogP) is 4.06. The van der Waals surface area contributed by atoms with Gasteiger partial charge in [0.05, 0.1) is 11.9 Å². The summed E-state index contributed by atoms with van der Waals surface area (Å²) in [5.41, 5.74) is -0.459. The molecule has 0 bridgehead atoms. The van der Waals surface area contributed by atoms with Crippen LogP contribution in [0.5, 0.6) is 0 Å². The molecular formula is C18H18F3N5O2. The van der Waals surface area contributed by atoms with Gasteiger partial charge in [0.25, 0.3) is 11.9 Å². The maximum absolute atomic E-state index is 13.4. The van der Waals surface area contributed by atoms with E-state index in [1.807, 2.05) is 6.92 Å². The van der Waals surface area contributed by atoms with Crippen molar-refractivity contribution in [3.05, 3.63) is 36.0 Å². The molecule has 1 amide bonds. The Morgan fingerprint density at radius 3 is 3.00 bits per heavy atom. The predicted molar refractivity (Wildman–Crippen MR) is 96.2 cm³/mol. The third-order valence-electron chi connectivity index (χ3n) is 4.68. The quantitative estimate of drug-likeness (QED) is 0.701. The lowest BCUT2D eigenvalue weighted by Gasteiger charge is -2.29. The molecule has 0 aliphatic carbocycles. The first-order valence-electron chi connectivity index (χ1n) is 8.88. The fraction of sp³-hybridized carbons (Fsp3) is 0.389. The second kappa shape index (κ2) is 6.84. The number of pyridine rings is 1. The van der Waals surface area contributed by atoms with E-state index in [-0.39, 0.29) is 11.7 Å². The summed E-state index contributed by atoms with van der Waals surface area (Å²) in [6.45, 7) is 3.09. The SMILES string of the molecule is CC1CCCN(c2nc(C(F)(F)F)c(C(=O)Nc3cnc4[nH]ccc4c3)o2)C1. The van der Waals surface area contributed by atoms with Crippen LogP contribution in [-0.4, -0.2) is 33.9 Å². The van der Waals surface area contributed by atoms with Gasteiger partial charge in [-0.15, -0.1) is 0 Å². The van der Waals surface area contributed by atoms with Gasteiger partial charge in [-0.3, -0.25) is 4.79 Å². The lowest BCUT2D eigenvalue weighted by molar-refractivity contribution is -0.141. The van der Waals surface area contributed by atoms with Crippen molar-refractivity contribution < 1.29 is 22.4 Å².